The second-order valence-electron chi connectivity index (χ2n) is 8.10. The number of rotatable bonds is 5. The Hall–Kier alpha value is -4.65. The van der Waals surface area contributed by atoms with E-state index in [1.165, 1.54) is 24.0 Å². The Labute approximate surface area is 214 Å². The van der Waals surface area contributed by atoms with Gasteiger partial charge >= 0.3 is 0 Å². The van der Waals surface area contributed by atoms with Gasteiger partial charge in [0, 0.05) is 25.1 Å². The molecule has 9 nitrogen and oxygen atoms in total. The average Bonchev–Trinajstić information content (AvgIpc) is 3.28. The molecule has 1 unspecified atom stereocenters. The molecule has 0 fully saturated rings. The normalized spacial score (nSPS) is 13.5. The van der Waals surface area contributed by atoms with Crippen LogP contribution in [0, 0.1) is 24.1 Å². The van der Waals surface area contributed by atoms with E-state index in [0.29, 0.717) is 22.4 Å². The Morgan fingerprint density at radius 1 is 1.08 bits per heavy atom. The maximum absolute atomic E-state index is 13.4. The zero-order chi connectivity index (χ0) is 27.1. The van der Waals surface area contributed by atoms with Crippen molar-refractivity contribution in [3.8, 4) is 6.07 Å². The summed E-state index contributed by atoms with van der Waals surface area (Å²) in [6.45, 7) is 7.42. The molecule has 1 aliphatic rings. The van der Waals surface area contributed by atoms with Crippen molar-refractivity contribution in [2.24, 2.45) is 0 Å². The summed E-state index contributed by atoms with van der Waals surface area (Å²) in [4.78, 5) is 46.9. The number of nitrogens with zero attached hydrogens (tertiary/aromatic N) is 4. The molecule has 0 radical (unpaired) electrons. The Kier molecular flexibility index (Phi) is 8.64. The van der Waals surface area contributed by atoms with Crippen molar-refractivity contribution in [2.45, 2.75) is 40.3 Å². The van der Waals surface area contributed by atoms with Gasteiger partial charge in [0.1, 0.15) is 23.5 Å². The lowest BCUT2D eigenvalue weighted by molar-refractivity contribution is -0.116. The number of nitriles is 1. The van der Waals surface area contributed by atoms with Crippen LogP contribution in [0.3, 0.4) is 0 Å². The lowest BCUT2D eigenvalue weighted by atomic mass is 10.1. The van der Waals surface area contributed by atoms with E-state index < -0.39 is 17.9 Å². The molecule has 4 rings (SSSR count). The van der Waals surface area contributed by atoms with Gasteiger partial charge in [-0.25, -0.2) is 14.4 Å². The zero-order valence-electron chi connectivity index (χ0n) is 21.0. The molecular weight excluding hydrogens is 475 g/mol. The van der Waals surface area contributed by atoms with E-state index in [1.807, 2.05) is 19.9 Å². The number of benzene rings is 2. The van der Waals surface area contributed by atoms with Gasteiger partial charge < -0.3 is 15.5 Å². The lowest BCUT2D eigenvalue weighted by Crippen LogP contribution is -2.35. The topological polar surface area (TPSA) is 128 Å². The quantitative estimate of drug-likeness (QED) is 0.549. The first-order valence-electron chi connectivity index (χ1n) is 11.7. The zero-order valence-corrected chi connectivity index (χ0v) is 21.0. The van der Waals surface area contributed by atoms with E-state index in [4.69, 9.17) is 5.26 Å². The maximum Gasteiger partial charge on any atom is 0.270 e. The van der Waals surface area contributed by atoms with Gasteiger partial charge in [0.25, 0.3) is 11.8 Å². The Morgan fingerprint density at radius 3 is 2.43 bits per heavy atom. The number of nitrogens with one attached hydrogen (secondary N) is 2. The number of halogens is 1. The van der Waals surface area contributed by atoms with E-state index in [1.54, 1.807) is 37.3 Å². The van der Waals surface area contributed by atoms with Crippen molar-refractivity contribution >= 4 is 23.4 Å². The summed E-state index contributed by atoms with van der Waals surface area (Å²) in [6.07, 6.45) is 1.12. The van der Waals surface area contributed by atoms with Crippen LogP contribution in [-0.2, 0) is 11.3 Å². The fraction of sp³-hybridized carbons (Fsp3) is 0.259. The van der Waals surface area contributed by atoms with Gasteiger partial charge in [-0.2, -0.15) is 5.26 Å². The molecule has 1 atom stereocenters. The standard InChI is InChI=1S/C25H21FN6O3.C2H6/c1-14-7-17(4-6-19(14)26)11-28-24(34)20-9-21(30-13-29-20)25(35)31-22-12-32(15(2)33)23-8-16(10-27)3-5-18(22)23;1-2/h3-9,13,22H,11-12H2,1-2H3,(H,28,34)(H,31,35);1-2H3. The summed E-state index contributed by atoms with van der Waals surface area (Å²) >= 11 is 0. The highest BCUT2D eigenvalue weighted by atomic mass is 19.1. The summed E-state index contributed by atoms with van der Waals surface area (Å²) in [5.41, 5.74) is 2.86. The number of fused-ring (bicyclic) bond motifs is 1. The molecule has 2 heterocycles. The molecule has 0 spiro atoms. The van der Waals surface area contributed by atoms with Crippen molar-refractivity contribution in [1.29, 1.82) is 5.26 Å². The number of carbonyl (C=O) groups excluding carboxylic acids is 3. The van der Waals surface area contributed by atoms with Gasteiger partial charge in [-0.05, 0) is 36.2 Å². The summed E-state index contributed by atoms with van der Waals surface area (Å²) in [7, 11) is 0. The highest BCUT2D eigenvalue weighted by Crippen LogP contribution is 2.35. The minimum atomic E-state index is -0.540. The molecule has 0 bridgehead atoms. The fourth-order valence-electron chi connectivity index (χ4n) is 3.87. The second-order valence-corrected chi connectivity index (χ2v) is 8.10. The van der Waals surface area contributed by atoms with Crippen LogP contribution in [-0.4, -0.2) is 34.2 Å². The number of hydrogen-bond donors (Lipinski definition) is 2. The fourth-order valence-corrected chi connectivity index (χ4v) is 3.87. The van der Waals surface area contributed by atoms with Crippen LogP contribution in [0.4, 0.5) is 10.1 Å². The van der Waals surface area contributed by atoms with Crippen LogP contribution in [0.25, 0.3) is 0 Å². The minimum absolute atomic E-state index is 0.000157. The van der Waals surface area contributed by atoms with E-state index in [9.17, 15) is 18.8 Å². The Morgan fingerprint density at radius 2 is 1.78 bits per heavy atom. The summed E-state index contributed by atoms with van der Waals surface area (Å²) in [5.74, 6) is -1.59. The molecule has 10 heteroatoms. The van der Waals surface area contributed by atoms with Crippen LogP contribution in [0.1, 0.15) is 70.0 Å². The van der Waals surface area contributed by atoms with Gasteiger partial charge in [-0.3, -0.25) is 14.4 Å². The molecule has 2 N–H and O–H groups in total. The number of aryl methyl sites for hydroxylation is 1. The van der Waals surface area contributed by atoms with E-state index in [2.05, 4.69) is 20.6 Å². The monoisotopic (exact) mass is 502 g/mol. The molecule has 2 aromatic carbocycles. The second kappa shape index (κ2) is 11.9. The first-order valence-corrected chi connectivity index (χ1v) is 11.7. The van der Waals surface area contributed by atoms with E-state index >= 15 is 0 Å². The summed E-state index contributed by atoms with van der Waals surface area (Å²) in [5, 5.41) is 14.7. The third kappa shape index (κ3) is 6.13. The number of carbonyl (C=O) groups is 3. The third-order valence-electron chi connectivity index (χ3n) is 5.68. The van der Waals surface area contributed by atoms with Gasteiger partial charge in [0.2, 0.25) is 5.91 Å². The van der Waals surface area contributed by atoms with Crippen molar-refractivity contribution in [3.63, 3.8) is 0 Å². The number of anilines is 1. The highest BCUT2D eigenvalue weighted by Gasteiger charge is 2.32. The SMILES string of the molecule is CC.CC(=O)N1CC(NC(=O)c2cc(C(=O)NCc3ccc(F)c(C)c3)ncn2)c2ccc(C#N)cc21. The number of hydrogen-bond acceptors (Lipinski definition) is 6. The molecule has 190 valence electrons. The molecular formula is C27H27FN6O3. The minimum Gasteiger partial charge on any atom is -0.347 e. The van der Waals surface area contributed by atoms with E-state index in [0.717, 1.165) is 11.9 Å². The predicted molar refractivity (Wildman–Crippen MR) is 135 cm³/mol. The van der Waals surface area contributed by atoms with Crippen molar-refractivity contribution in [2.75, 3.05) is 11.4 Å². The van der Waals surface area contributed by atoms with Crippen molar-refractivity contribution in [1.82, 2.24) is 20.6 Å². The predicted octanol–water partition coefficient (Wildman–Crippen LogP) is 3.59. The molecule has 1 aliphatic heterocycles. The van der Waals surface area contributed by atoms with Crippen molar-refractivity contribution < 1.29 is 18.8 Å². The third-order valence-corrected chi connectivity index (χ3v) is 5.68. The number of amides is 3. The average molecular weight is 503 g/mol. The van der Waals surface area contributed by atoms with Gasteiger partial charge in [-0.15, -0.1) is 0 Å². The molecule has 0 aliphatic carbocycles. The molecule has 1 aromatic heterocycles. The van der Waals surface area contributed by atoms with E-state index in [-0.39, 0.29) is 36.2 Å². The summed E-state index contributed by atoms with van der Waals surface area (Å²) in [6, 6.07) is 12.3. The smallest absolute Gasteiger partial charge is 0.270 e. The first-order chi connectivity index (χ1) is 17.8. The van der Waals surface area contributed by atoms with Crippen LogP contribution in [0.5, 0.6) is 0 Å². The largest absolute Gasteiger partial charge is 0.347 e. The Bertz CT molecular complexity index is 1380. The van der Waals surface area contributed by atoms with Crippen LogP contribution >= 0.6 is 0 Å². The molecule has 0 saturated heterocycles. The Balaban J connectivity index is 0.00000186. The first kappa shape index (κ1) is 26.9. The lowest BCUT2D eigenvalue weighted by Gasteiger charge is -2.16. The highest BCUT2D eigenvalue weighted by molar-refractivity contribution is 5.98. The van der Waals surface area contributed by atoms with Gasteiger partial charge in [0.15, 0.2) is 0 Å². The summed E-state index contributed by atoms with van der Waals surface area (Å²) < 4.78 is 13.4. The molecule has 3 aromatic rings. The van der Waals surface area contributed by atoms with Crippen LogP contribution in [0.2, 0.25) is 0 Å². The molecule has 0 saturated carbocycles. The molecule has 3 amide bonds. The number of aromatic nitrogens is 2. The van der Waals surface area contributed by atoms with Gasteiger partial charge in [0.05, 0.1) is 29.9 Å². The maximum atomic E-state index is 13.4. The van der Waals surface area contributed by atoms with Crippen LogP contribution < -0.4 is 15.5 Å². The van der Waals surface area contributed by atoms with Crippen molar-refractivity contribution in [3.05, 3.63) is 88.3 Å². The van der Waals surface area contributed by atoms with Crippen LogP contribution in [0.15, 0.2) is 48.8 Å². The molecule has 37 heavy (non-hydrogen) atoms. The van der Waals surface area contributed by atoms with Gasteiger partial charge in [-0.1, -0.05) is 32.0 Å².